The SMILES string of the molecule is CC1=C(C(=O)Nc2cc(Cl)ccc2C)C(c2ccc(C)cc2)n2ncnc2N1. The first-order valence-electron chi connectivity index (χ1n) is 8.95. The van der Waals surface area contributed by atoms with E-state index in [4.69, 9.17) is 11.6 Å². The van der Waals surface area contributed by atoms with Gasteiger partial charge in [-0.25, -0.2) is 4.68 Å². The molecule has 1 unspecified atom stereocenters. The van der Waals surface area contributed by atoms with Crippen LogP contribution in [0.5, 0.6) is 0 Å². The van der Waals surface area contributed by atoms with E-state index in [9.17, 15) is 4.79 Å². The molecule has 28 heavy (non-hydrogen) atoms. The van der Waals surface area contributed by atoms with E-state index in [1.165, 1.54) is 6.33 Å². The molecule has 0 aliphatic carbocycles. The minimum atomic E-state index is -0.376. The maximum atomic E-state index is 13.3. The van der Waals surface area contributed by atoms with Gasteiger partial charge in [0, 0.05) is 16.4 Å². The van der Waals surface area contributed by atoms with Crippen LogP contribution in [0.4, 0.5) is 11.6 Å². The lowest BCUT2D eigenvalue weighted by molar-refractivity contribution is -0.113. The van der Waals surface area contributed by atoms with Gasteiger partial charge >= 0.3 is 0 Å². The molecule has 0 bridgehead atoms. The van der Waals surface area contributed by atoms with Crippen molar-refractivity contribution in [2.45, 2.75) is 26.8 Å². The third-order valence-corrected chi connectivity index (χ3v) is 5.12. The van der Waals surface area contributed by atoms with E-state index in [-0.39, 0.29) is 11.9 Å². The van der Waals surface area contributed by atoms with Crippen molar-refractivity contribution in [3.63, 3.8) is 0 Å². The smallest absolute Gasteiger partial charge is 0.255 e. The van der Waals surface area contributed by atoms with Crippen LogP contribution in [0, 0.1) is 13.8 Å². The van der Waals surface area contributed by atoms with Gasteiger partial charge in [-0.1, -0.05) is 47.5 Å². The summed E-state index contributed by atoms with van der Waals surface area (Å²) < 4.78 is 1.73. The largest absolute Gasteiger partial charge is 0.328 e. The highest BCUT2D eigenvalue weighted by molar-refractivity contribution is 6.31. The molecule has 2 heterocycles. The quantitative estimate of drug-likeness (QED) is 0.688. The number of halogens is 1. The van der Waals surface area contributed by atoms with Gasteiger partial charge in [0.25, 0.3) is 5.91 Å². The van der Waals surface area contributed by atoms with E-state index in [1.54, 1.807) is 16.8 Å². The Bertz CT molecular complexity index is 1080. The molecular formula is C21H20ClN5O. The lowest BCUT2D eigenvalue weighted by Crippen LogP contribution is -2.31. The molecule has 4 rings (SSSR count). The Morgan fingerprint density at radius 1 is 1.14 bits per heavy atom. The van der Waals surface area contributed by atoms with Crippen molar-refractivity contribution in [1.82, 2.24) is 14.8 Å². The number of allylic oxidation sites excluding steroid dienone is 1. The molecule has 3 aromatic rings. The van der Waals surface area contributed by atoms with Crippen LogP contribution in [0.1, 0.15) is 29.7 Å². The van der Waals surface area contributed by atoms with Gasteiger partial charge in [-0.2, -0.15) is 10.1 Å². The van der Waals surface area contributed by atoms with E-state index >= 15 is 0 Å². The van der Waals surface area contributed by atoms with Crippen LogP contribution in [-0.2, 0) is 4.79 Å². The van der Waals surface area contributed by atoms with Crippen molar-refractivity contribution in [2.24, 2.45) is 0 Å². The zero-order valence-corrected chi connectivity index (χ0v) is 16.6. The molecule has 0 spiro atoms. The maximum absolute atomic E-state index is 13.3. The van der Waals surface area contributed by atoms with Crippen LogP contribution < -0.4 is 10.6 Å². The fourth-order valence-corrected chi connectivity index (χ4v) is 3.53. The second-order valence-corrected chi connectivity index (χ2v) is 7.35. The predicted octanol–water partition coefficient (Wildman–Crippen LogP) is 4.48. The van der Waals surface area contributed by atoms with Crippen molar-refractivity contribution in [2.75, 3.05) is 10.6 Å². The molecule has 6 nitrogen and oxygen atoms in total. The minimum absolute atomic E-state index is 0.206. The molecule has 0 fully saturated rings. The van der Waals surface area contributed by atoms with Crippen LogP contribution in [-0.4, -0.2) is 20.7 Å². The van der Waals surface area contributed by atoms with Gasteiger partial charge in [0.05, 0.1) is 5.57 Å². The predicted molar refractivity (Wildman–Crippen MR) is 110 cm³/mol. The number of hydrogen-bond acceptors (Lipinski definition) is 4. The minimum Gasteiger partial charge on any atom is -0.328 e. The monoisotopic (exact) mass is 393 g/mol. The van der Waals surface area contributed by atoms with Crippen molar-refractivity contribution >= 4 is 29.1 Å². The number of aryl methyl sites for hydroxylation is 2. The van der Waals surface area contributed by atoms with E-state index in [0.29, 0.717) is 22.2 Å². The zero-order chi connectivity index (χ0) is 19.8. The number of anilines is 2. The summed E-state index contributed by atoms with van der Waals surface area (Å²) in [6.45, 7) is 5.84. The molecule has 2 aromatic carbocycles. The number of nitrogens with one attached hydrogen (secondary N) is 2. The highest BCUT2D eigenvalue weighted by atomic mass is 35.5. The molecule has 7 heteroatoms. The van der Waals surface area contributed by atoms with E-state index in [1.807, 2.05) is 51.1 Å². The summed E-state index contributed by atoms with van der Waals surface area (Å²) in [5, 5.41) is 11.1. The Kier molecular flexibility index (Phi) is 4.65. The summed E-state index contributed by atoms with van der Waals surface area (Å²) in [7, 11) is 0. The molecule has 0 radical (unpaired) electrons. The van der Waals surface area contributed by atoms with Crippen LogP contribution in [0.2, 0.25) is 5.02 Å². The highest BCUT2D eigenvalue weighted by Gasteiger charge is 2.33. The Labute approximate surface area is 168 Å². The maximum Gasteiger partial charge on any atom is 0.255 e. The molecule has 1 aliphatic heterocycles. The molecule has 142 valence electrons. The molecule has 1 aliphatic rings. The van der Waals surface area contributed by atoms with Gasteiger partial charge < -0.3 is 10.6 Å². The fraction of sp³-hybridized carbons (Fsp3) is 0.190. The number of benzene rings is 2. The van der Waals surface area contributed by atoms with Gasteiger partial charge in [-0.3, -0.25) is 4.79 Å². The third-order valence-electron chi connectivity index (χ3n) is 4.88. The fourth-order valence-electron chi connectivity index (χ4n) is 3.36. The second kappa shape index (κ2) is 7.13. The van der Waals surface area contributed by atoms with Crippen molar-refractivity contribution < 1.29 is 4.79 Å². The van der Waals surface area contributed by atoms with Gasteiger partial charge in [0.15, 0.2) is 0 Å². The number of nitrogens with zero attached hydrogens (tertiary/aromatic N) is 3. The Morgan fingerprint density at radius 2 is 1.89 bits per heavy atom. The van der Waals surface area contributed by atoms with E-state index in [2.05, 4.69) is 20.7 Å². The lowest BCUT2D eigenvalue weighted by atomic mass is 9.94. The highest BCUT2D eigenvalue weighted by Crippen LogP contribution is 2.35. The summed E-state index contributed by atoms with van der Waals surface area (Å²) in [5.74, 6) is 0.403. The normalized spacial score (nSPS) is 15.8. The van der Waals surface area contributed by atoms with Crippen LogP contribution in [0.25, 0.3) is 0 Å². The summed E-state index contributed by atoms with van der Waals surface area (Å²) in [5.41, 5.74) is 5.06. The van der Waals surface area contributed by atoms with Crippen LogP contribution in [0.3, 0.4) is 0 Å². The second-order valence-electron chi connectivity index (χ2n) is 6.92. The summed E-state index contributed by atoms with van der Waals surface area (Å²) in [4.78, 5) is 17.6. The zero-order valence-electron chi connectivity index (χ0n) is 15.8. The standard InChI is InChI=1S/C21H20ClN5O/c1-12-4-7-15(8-5-12)19-18(14(3)25-21-23-11-24-27(19)21)20(28)26-17-10-16(22)9-6-13(17)2/h4-11,19H,1-3H3,(H,26,28)(H,23,24,25). The lowest BCUT2D eigenvalue weighted by Gasteiger charge is -2.29. The van der Waals surface area contributed by atoms with Gasteiger partial charge in [0.2, 0.25) is 5.95 Å². The first-order valence-corrected chi connectivity index (χ1v) is 9.33. The number of carbonyl (C=O) groups is 1. The van der Waals surface area contributed by atoms with E-state index in [0.717, 1.165) is 22.4 Å². The Balaban J connectivity index is 1.77. The number of carbonyl (C=O) groups excluding carboxylic acids is 1. The molecule has 1 aromatic heterocycles. The van der Waals surface area contributed by atoms with Crippen LogP contribution >= 0.6 is 11.6 Å². The molecule has 1 atom stereocenters. The van der Waals surface area contributed by atoms with Gasteiger partial charge in [0.1, 0.15) is 12.4 Å². The Morgan fingerprint density at radius 3 is 2.64 bits per heavy atom. The number of rotatable bonds is 3. The van der Waals surface area contributed by atoms with Crippen molar-refractivity contribution in [3.05, 3.63) is 81.8 Å². The Hall–Kier alpha value is -3.12. The summed E-state index contributed by atoms with van der Waals surface area (Å²) in [6, 6.07) is 13.1. The first kappa shape index (κ1) is 18.3. The van der Waals surface area contributed by atoms with Crippen molar-refractivity contribution in [3.8, 4) is 0 Å². The molecule has 1 amide bonds. The number of aromatic nitrogens is 3. The van der Waals surface area contributed by atoms with Gasteiger partial charge in [-0.05, 0) is 44.0 Å². The number of hydrogen-bond donors (Lipinski definition) is 2. The molecule has 2 N–H and O–H groups in total. The third kappa shape index (κ3) is 3.27. The van der Waals surface area contributed by atoms with Gasteiger partial charge in [-0.15, -0.1) is 0 Å². The molecule has 0 saturated heterocycles. The van der Waals surface area contributed by atoms with Crippen molar-refractivity contribution in [1.29, 1.82) is 0 Å². The number of amides is 1. The summed E-state index contributed by atoms with van der Waals surface area (Å²) in [6.07, 6.45) is 1.48. The average Bonchev–Trinajstić information content (AvgIpc) is 3.12. The van der Waals surface area contributed by atoms with E-state index < -0.39 is 0 Å². The molecular weight excluding hydrogens is 374 g/mol. The average molecular weight is 394 g/mol. The number of fused-ring (bicyclic) bond motifs is 1. The first-order chi connectivity index (χ1) is 13.4. The summed E-state index contributed by atoms with van der Waals surface area (Å²) >= 11 is 6.11. The van der Waals surface area contributed by atoms with Crippen LogP contribution in [0.15, 0.2) is 60.1 Å². The topological polar surface area (TPSA) is 71.8 Å². The molecule has 0 saturated carbocycles.